The van der Waals surface area contributed by atoms with Crippen LogP contribution in [0.25, 0.3) is 5.70 Å². The molecule has 0 radical (unpaired) electrons. The molecule has 2 nitrogen and oxygen atoms in total. The molecular formula is C17H17NOS. The third-order valence-corrected chi connectivity index (χ3v) is 4.18. The zero-order valence-corrected chi connectivity index (χ0v) is 12.5. The maximum absolute atomic E-state index is 12.3. The van der Waals surface area contributed by atoms with Crippen molar-refractivity contribution in [2.45, 2.75) is 25.8 Å². The molecule has 0 saturated carbocycles. The van der Waals surface area contributed by atoms with Crippen LogP contribution in [0.4, 0.5) is 0 Å². The molecule has 0 spiro atoms. The fraction of sp³-hybridized carbons (Fsp3) is 0.235. The van der Waals surface area contributed by atoms with Gasteiger partial charge < -0.3 is 5.32 Å². The second-order valence-electron chi connectivity index (χ2n) is 5.78. The van der Waals surface area contributed by atoms with Crippen LogP contribution in [0.5, 0.6) is 0 Å². The molecule has 0 atom stereocenters. The van der Waals surface area contributed by atoms with Gasteiger partial charge in [0.25, 0.3) is 0 Å². The molecule has 0 aliphatic carbocycles. The average Bonchev–Trinajstić information content (AvgIpc) is 2.91. The first-order chi connectivity index (χ1) is 9.55. The number of hydrogen-bond acceptors (Lipinski definition) is 3. The van der Waals surface area contributed by atoms with E-state index in [0.717, 1.165) is 23.2 Å². The SMILES string of the molecule is CC1(C)Cc2ccccc2C(=CC(=O)c2ccsc2)N1. The van der Waals surface area contributed by atoms with Crippen LogP contribution in [0, 0.1) is 0 Å². The maximum Gasteiger partial charge on any atom is 0.188 e. The minimum Gasteiger partial charge on any atom is -0.379 e. The molecule has 0 unspecified atom stereocenters. The van der Waals surface area contributed by atoms with E-state index in [9.17, 15) is 4.79 Å². The zero-order chi connectivity index (χ0) is 14.2. The van der Waals surface area contributed by atoms with E-state index >= 15 is 0 Å². The van der Waals surface area contributed by atoms with Crippen molar-refractivity contribution in [3.8, 4) is 0 Å². The van der Waals surface area contributed by atoms with Crippen LogP contribution in [0.2, 0.25) is 0 Å². The average molecular weight is 283 g/mol. The van der Waals surface area contributed by atoms with Gasteiger partial charge in [0, 0.05) is 33.8 Å². The van der Waals surface area contributed by atoms with E-state index < -0.39 is 0 Å². The number of carbonyl (C=O) groups excluding carboxylic acids is 1. The molecule has 0 fully saturated rings. The Morgan fingerprint density at radius 3 is 2.85 bits per heavy atom. The maximum atomic E-state index is 12.3. The van der Waals surface area contributed by atoms with Crippen LogP contribution in [-0.4, -0.2) is 11.3 Å². The van der Waals surface area contributed by atoms with Crippen molar-refractivity contribution in [2.24, 2.45) is 0 Å². The molecule has 3 rings (SSSR count). The predicted octanol–water partition coefficient (Wildman–Crippen LogP) is 3.90. The highest BCUT2D eigenvalue weighted by atomic mass is 32.1. The normalized spacial score (nSPS) is 18.4. The molecule has 1 aliphatic heterocycles. The summed E-state index contributed by atoms with van der Waals surface area (Å²) >= 11 is 1.54. The smallest absolute Gasteiger partial charge is 0.188 e. The topological polar surface area (TPSA) is 29.1 Å². The van der Waals surface area contributed by atoms with Crippen molar-refractivity contribution in [1.29, 1.82) is 0 Å². The molecule has 0 bridgehead atoms. The number of carbonyl (C=O) groups is 1. The van der Waals surface area contributed by atoms with E-state index in [2.05, 4.69) is 37.4 Å². The van der Waals surface area contributed by atoms with Gasteiger partial charge in [0.1, 0.15) is 0 Å². The number of thiophene rings is 1. The molecule has 1 aromatic carbocycles. The van der Waals surface area contributed by atoms with Gasteiger partial charge in [-0.15, -0.1) is 0 Å². The molecule has 2 aromatic rings. The summed E-state index contributed by atoms with van der Waals surface area (Å²) in [5.41, 5.74) is 4.07. The first kappa shape index (κ1) is 13.1. The second-order valence-corrected chi connectivity index (χ2v) is 6.56. The standard InChI is InChI=1S/C17H17NOS/c1-17(2)10-12-5-3-4-6-14(12)15(18-17)9-16(19)13-7-8-20-11-13/h3-9,11,18H,10H2,1-2H3. The number of allylic oxidation sites excluding steroid dienone is 1. The van der Waals surface area contributed by atoms with Crippen molar-refractivity contribution in [3.05, 3.63) is 63.9 Å². The quantitative estimate of drug-likeness (QED) is 0.669. The highest BCUT2D eigenvalue weighted by Crippen LogP contribution is 2.29. The Bertz CT molecular complexity index is 668. The van der Waals surface area contributed by atoms with E-state index in [1.54, 1.807) is 17.4 Å². The van der Waals surface area contributed by atoms with Gasteiger partial charge in [-0.1, -0.05) is 24.3 Å². The fourth-order valence-corrected chi connectivity index (χ4v) is 3.27. The van der Waals surface area contributed by atoms with Crippen molar-refractivity contribution < 1.29 is 4.79 Å². The molecule has 1 aromatic heterocycles. The van der Waals surface area contributed by atoms with Gasteiger partial charge in [0.05, 0.1) is 0 Å². The monoisotopic (exact) mass is 283 g/mol. The predicted molar refractivity (Wildman–Crippen MR) is 84.0 cm³/mol. The summed E-state index contributed by atoms with van der Waals surface area (Å²) in [6.07, 6.45) is 2.69. The largest absolute Gasteiger partial charge is 0.379 e. The number of nitrogens with one attached hydrogen (secondary N) is 1. The Balaban J connectivity index is 2.02. The van der Waals surface area contributed by atoms with E-state index in [-0.39, 0.29) is 11.3 Å². The molecule has 1 aliphatic rings. The van der Waals surface area contributed by atoms with E-state index in [0.29, 0.717) is 0 Å². The van der Waals surface area contributed by atoms with Crippen molar-refractivity contribution in [2.75, 3.05) is 0 Å². The number of benzene rings is 1. The summed E-state index contributed by atoms with van der Waals surface area (Å²) in [4.78, 5) is 12.3. The Hall–Kier alpha value is -1.87. The molecule has 1 N–H and O–H groups in total. The minimum absolute atomic E-state index is 0.0326. The lowest BCUT2D eigenvalue weighted by molar-refractivity contribution is 0.104. The van der Waals surface area contributed by atoms with E-state index in [1.807, 2.05) is 22.9 Å². The molecule has 20 heavy (non-hydrogen) atoms. The fourth-order valence-electron chi connectivity index (χ4n) is 2.62. The van der Waals surface area contributed by atoms with Gasteiger partial charge in [-0.2, -0.15) is 11.3 Å². The summed E-state index contributed by atoms with van der Waals surface area (Å²) in [6, 6.07) is 10.1. The van der Waals surface area contributed by atoms with Gasteiger partial charge in [-0.05, 0) is 37.3 Å². The lowest BCUT2D eigenvalue weighted by Crippen LogP contribution is -2.43. The van der Waals surface area contributed by atoms with Crippen LogP contribution < -0.4 is 5.32 Å². The van der Waals surface area contributed by atoms with E-state index in [1.165, 1.54) is 5.56 Å². The number of hydrogen-bond donors (Lipinski definition) is 1. The Morgan fingerprint density at radius 1 is 1.30 bits per heavy atom. The summed E-state index contributed by atoms with van der Waals surface area (Å²) in [6.45, 7) is 4.32. The van der Waals surface area contributed by atoms with Crippen LogP contribution in [0.1, 0.15) is 35.3 Å². The molecule has 102 valence electrons. The third-order valence-electron chi connectivity index (χ3n) is 3.49. The molecule has 3 heteroatoms. The Kier molecular flexibility index (Phi) is 3.22. The van der Waals surface area contributed by atoms with Gasteiger partial charge >= 0.3 is 0 Å². The first-order valence-electron chi connectivity index (χ1n) is 6.70. The van der Waals surface area contributed by atoms with Crippen LogP contribution in [-0.2, 0) is 6.42 Å². The summed E-state index contributed by atoms with van der Waals surface area (Å²) < 4.78 is 0. The molecule has 0 amide bonds. The van der Waals surface area contributed by atoms with Crippen LogP contribution in [0.15, 0.2) is 47.2 Å². The van der Waals surface area contributed by atoms with Crippen molar-refractivity contribution in [3.63, 3.8) is 0 Å². The Morgan fingerprint density at radius 2 is 2.10 bits per heavy atom. The van der Waals surface area contributed by atoms with Crippen LogP contribution >= 0.6 is 11.3 Å². The van der Waals surface area contributed by atoms with Gasteiger partial charge in [-0.3, -0.25) is 4.79 Å². The summed E-state index contributed by atoms with van der Waals surface area (Å²) in [5, 5.41) is 7.30. The highest BCUT2D eigenvalue weighted by molar-refractivity contribution is 7.08. The minimum atomic E-state index is -0.0326. The van der Waals surface area contributed by atoms with Gasteiger partial charge in [-0.25, -0.2) is 0 Å². The van der Waals surface area contributed by atoms with Crippen molar-refractivity contribution in [1.82, 2.24) is 5.32 Å². The number of ketones is 1. The number of fused-ring (bicyclic) bond motifs is 1. The van der Waals surface area contributed by atoms with Gasteiger partial charge in [0.15, 0.2) is 5.78 Å². The lowest BCUT2D eigenvalue weighted by atomic mass is 9.85. The molecular weight excluding hydrogens is 266 g/mol. The Labute approximate surface area is 123 Å². The lowest BCUT2D eigenvalue weighted by Gasteiger charge is -2.35. The van der Waals surface area contributed by atoms with Crippen molar-refractivity contribution >= 4 is 22.8 Å². The second kappa shape index (κ2) is 4.91. The van der Waals surface area contributed by atoms with Crippen LogP contribution in [0.3, 0.4) is 0 Å². The molecule has 2 heterocycles. The van der Waals surface area contributed by atoms with Gasteiger partial charge in [0.2, 0.25) is 0 Å². The summed E-state index contributed by atoms with van der Waals surface area (Å²) in [7, 11) is 0. The highest BCUT2D eigenvalue weighted by Gasteiger charge is 2.27. The third kappa shape index (κ3) is 2.54. The first-order valence-corrected chi connectivity index (χ1v) is 7.64. The summed E-state index contributed by atoms with van der Waals surface area (Å²) in [5.74, 6) is 0.0567. The molecule has 0 saturated heterocycles. The zero-order valence-electron chi connectivity index (χ0n) is 11.6. The number of rotatable bonds is 2. The van der Waals surface area contributed by atoms with E-state index in [4.69, 9.17) is 0 Å².